The maximum atomic E-state index is 13.7. The molecule has 5 nitrogen and oxygen atoms in total. The number of halogens is 1. The van der Waals surface area contributed by atoms with Gasteiger partial charge in [-0.3, -0.25) is 9.59 Å². The van der Waals surface area contributed by atoms with Crippen LogP contribution in [-0.2, 0) is 22.4 Å². The van der Waals surface area contributed by atoms with Crippen molar-refractivity contribution < 1.29 is 14.0 Å². The highest BCUT2D eigenvalue weighted by Gasteiger charge is 2.22. The number of likely N-dealkylation sites (N-methyl/N-ethyl adjacent to an activating group) is 1. The molecule has 0 saturated heterocycles. The van der Waals surface area contributed by atoms with Gasteiger partial charge < -0.3 is 16.4 Å². The zero-order valence-electron chi connectivity index (χ0n) is 14.0. The first-order valence-electron chi connectivity index (χ1n) is 8.02. The number of nitrogens with one attached hydrogen (secondary N) is 2. The average Bonchev–Trinajstić information content (AvgIpc) is 3.08. The van der Waals surface area contributed by atoms with Crippen LogP contribution in [0.1, 0.15) is 16.9 Å². The van der Waals surface area contributed by atoms with Crippen molar-refractivity contribution in [3.63, 3.8) is 0 Å². The normalized spacial score (nSPS) is 13.1. The summed E-state index contributed by atoms with van der Waals surface area (Å²) >= 11 is 1.53. The molecule has 0 saturated carbocycles. The van der Waals surface area contributed by atoms with Crippen LogP contribution in [0, 0.1) is 5.82 Å². The summed E-state index contributed by atoms with van der Waals surface area (Å²) in [7, 11) is 1.53. The molecule has 0 radical (unpaired) electrons. The Morgan fingerprint density at radius 1 is 1.20 bits per heavy atom. The lowest BCUT2D eigenvalue weighted by Gasteiger charge is -2.18. The molecule has 1 aromatic carbocycles. The molecule has 0 aliphatic rings. The maximum absolute atomic E-state index is 13.7. The molecule has 2 atom stereocenters. The summed E-state index contributed by atoms with van der Waals surface area (Å²) in [6, 6.07) is 8.98. The molecule has 0 fully saturated rings. The first kappa shape index (κ1) is 19.1. The smallest absolute Gasteiger partial charge is 0.242 e. The van der Waals surface area contributed by atoms with Gasteiger partial charge in [-0.1, -0.05) is 24.3 Å². The van der Waals surface area contributed by atoms with Crippen LogP contribution in [0.25, 0.3) is 0 Å². The van der Waals surface area contributed by atoms with E-state index in [9.17, 15) is 14.0 Å². The number of rotatable bonds is 8. The van der Waals surface area contributed by atoms with Crippen molar-refractivity contribution in [3.8, 4) is 0 Å². The Balaban J connectivity index is 1.91. The monoisotopic (exact) mass is 363 g/mol. The van der Waals surface area contributed by atoms with Gasteiger partial charge in [0.1, 0.15) is 11.9 Å². The van der Waals surface area contributed by atoms with Crippen molar-refractivity contribution >= 4 is 23.2 Å². The molecule has 0 aliphatic carbocycles. The van der Waals surface area contributed by atoms with Crippen LogP contribution >= 0.6 is 11.3 Å². The Kier molecular flexibility index (Phi) is 7.09. The molecule has 0 aliphatic heterocycles. The minimum absolute atomic E-state index is 0.0201. The van der Waals surface area contributed by atoms with Crippen LogP contribution in [0.15, 0.2) is 41.8 Å². The highest BCUT2D eigenvalue weighted by molar-refractivity contribution is 7.09. The molecule has 7 heteroatoms. The minimum atomic E-state index is -0.656. The molecule has 0 bridgehead atoms. The van der Waals surface area contributed by atoms with Gasteiger partial charge in [-0.2, -0.15) is 0 Å². The zero-order valence-corrected chi connectivity index (χ0v) is 14.8. The van der Waals surface area contributed by atoms with Gasteiger partial charge in [0, 0.05) is 30.8 Å². The first-order valence-corrected chi connectivity index (χ1v) is 8.90. The molecular weight excluding hydrogens is 341 g/mol. The largest absolute Gasteiger partial charge is 0.357 e. The van der Waals surface area contributed by atoms with E-state index in [0.717, 1.165) is 4.88 Å². The number of nitrogens with two attached hydrogens (primary N) is 1. The van der Waals surface area contributed by atoms with E-state index >= 15 is 0 Å². The number of hydrogen-bond acceptors (Lipinski definition) is 4. The molecule has 2 aromatic rings. The Bertz CT molecular complexity index is 706. The molecule has 134 valence electrons. The second-order valence-electron chi connectivity index (χ2n) is 5.78. The van der Waals surface area contributed by atoms with E-state index in [-0.39, 0.29) is 30.5 Å². The highest BCUT2D eigenvalue weighted by atomic mass is 32.1. The van der Waals surface area contributed by atoms with Crippen LogP contribution in [0.4, 0.5) is 4.39 Å². The summed E-state index contributed by atoms with van der Waals surface area (Å²) in [6.45, 7) is 0. The second kappa shape index (κ2) is 9.29. The van der Waals surface area contributed by atoms with E-state index in [2.05, 4.69) is 10.6 Å². The van der Waals surface area contributed by atoms with Crippen LogP contribution in [-0.4, -0.2) is 30.9 Å². The highest BCUT2D eigenvalue weighted by Crippen LogP contribution is 2.12. The van der Waals surface area contributed by atoms with Gasteiger partial charge in [0.2, 0.25) is 11.8 Å². The lowest BCUT2D eigenvalue weighted by molar-refractivity contribution is -0.128. The summed E-state index contributed by atoms with van der Waals surface area (Å²) in [5, 5.41) is 7.19. The van der Waals surface area contributed by atoms with Crippen molar-refractivity contribution in [2.45, 2.75) is 31.3 Å². The fourth-order valence-corrected chi connectivity index (χ4v) is 3.28. The molecule has 25 heavy (non-hydrogen) atoms. The SMILES string of the molecule is CNC(=O)[C@@H](Cc1cccs1)NC(=O)C[C@H](N)Cc1ccccc1F. The fraction of sp³-hybridized carbons (Fsp3) is 0.333. The van der Waals surface area contributed by atoms with Crippen LogP contribution in [0.5, 0.6) is 0 Å². The van der Waals surface area contributed by atoms with Crippen molar-refractivity contribution in [2.75, 3.05) is 7.05 Å². The number of thiophene rings is 1. The van der Waals surface area contributed by atoms with E-state index in [1.807, 2.05) is 17.5 Å². The average molecular weight is 363 g/mol. The summed E-state index contributed by atoms with van der Waals surface area (Å²) < 4.78 is 13.7. The first-order chi connectivity index (χ1) is 12.0. The predicted octanol–water partition coefficient (Wildman–Crippen LogP) is 1.62. The minimum Gasteiger partial charge on any atom is -0.357 e. The predicted molar refractivity (Wildman–Crippen MR) is 96.7 cm³/mol. The van der Waals surface area contributed by atoms with Crippen molar-refractivity contribution in [1.82, 2.24) is 10.6 Å². The van der Waals surface area contributed by atoms with Gasteiger partial charge in [0.15, 0.2) is 0 Å². The topological polar surface area (TPSA) is 84.2 Å². The quantitative estimate of drug-likeness (QED) is 0.666. The fourth-order valence-electron chi connectivity index (χ4n) is 2.52. The van der Waals surface area contributed by atoms with Crippen molar-refractivity contribution in [2.24, 2.45) is 5.73 Å². The van der Waals surface area contributed by atoms with Crippen LogP contribution in [0.2, 0.25) is 0 Å². The van der Waals surface area contributed by atoms with E-state index in [0.29, 0.717) is 12.0 Å². The van der Waals surface area contributed by atoms with E-state index in [4.69, 9.17) is 5.73 Å². The van der Waals surface area contributed by atoms with Crippen molar-refractivity contribution in [1.29, 1.82) is 0 Å². The molecule has 1 aromatic heterocycles. The molecule has 0 spiro atoms. The third-order valence-corrected chi connectivity index (χ3v) is 4.67. The molecule has 4 N–H and O–H groups in total. The maximum Gasteiger partial charge on any atom is 0.242 e. The van der Waals surface area contributed by atoms with Crippen LogP contribution < -0.4 is 16.4 Å². The van der Waals surface area contributed by atoms with Gasteiger partial charge >= 0.3 is 0 Å². The standard InChI is InChI=1S/C18H22FN3O2S/c1-21-18(24)16(11-14-6-4-8-25-14)22-17(23)10-13(20)9-12-5-2-3-7-15(12)19/h2-8,13,16H,9-11,20H2,1H3,(H,21,24)(H,22,23)/t13-,16-/m1/s1. The molecular formula is C18H22FN3O2S. The summed E-state index contributed by atoms with van der Waals surface area (Å²) in [5.41, 5.74) is 6.45. The number of carbonyl (C=O) groups is 2. The molecule has 0 unspecified atom stereocenters. The Hall–Kier alpha value is -2.25. The second-order valence-corrected chi connectivity index (χ2v) is 6.81. The summed E-state index contributed by atoms with van der Waals surface area (Å²) in [6.07, 6.45) is 0.702. The van der Waals surface area contributed by atoms with E-state index < -0.39 is 12.1 Å². The third kappa shape index (κ3) is 5.95. The van der Waals surface area contributed by atoms with Crippen molar-refractivity contribution in [3.05, 3.63) is 58.0 Å². The van der Waals surface area contributed by atoms with Gasteiger partial charge in [0.25, 0.3) is 0 Å². The van der Waals surface area contributed by atoms with Gasteiger partial charge in [-0.25, -0.2) is 4.39 Å². The molecule has 1 heterocycles. The number of amides is 2. The number of carbonyl (C=O) groups excluding carboxylic acids is 2. The summed E-state index contributed by atoms with van der Waals surface area (Å²) in [4.78, 5) is 25.2. The third-order valence-electron chi connectivity index (χ3n) is 3.77. The lowest BCUT2D eigenvalue weighted by Crippen LogP contribution is -2.48. The molecule has 2 rings (SSSR count). The summed E-state index contributed by atoms with van der Waals surface area (Å²) in [5.74, 6) is -0.919. The lowest BCUT2D eigenvalue weighted by atomic mass is 10.0. The Morgan fingerprint density at radius 3 is 2.60 bits per heavy atom. The van der Waals surface area contributed by atoms with Gasteiger partial charge in [-0.05, 0) is 29.5 Å². The van der Waals surface area contributed by atoms with Gasteiger partial charge in [-0.15, -0.1) is 11.3 Å². The number of benzene rings is 1. The van der Waals surface area contributed by atoms with E-state index in [1.54, 1.807) is 18.2 Å². The molecule has 2 amide bonds. The Labute approximate surface area is 150 Å². The van der Waals surface area contributed by atoms with Crippen LogP contribution in [0.3, 0.4) is 0 Å². The number of hydrogen-bond donors (Lipinski definition) is 3. The van der Waals surface area contributed by atoms with Gasteiger partial charge in [0.05, 0.1) is 0 Å². The van der Waals surface area contributed by atoms with E-state index in [1.165, 1.54) is 24.5 Å². The zero-order chi connectivity index (χ0) is 18.2. The Morgan fingerprint density at radius 2 is 1.96 bits per heavy atom.